The Labute approximate surface area is 160 Å². The minimum Gasteiger partial charge on any atom is -0.481 e. The van der Waals surface area contributed by atoms with Gasteiger partial charge in [0.05, 0.1) is 21.8 Å². The lowest BCUT2D eigenvalue weighted by Crippen LogP contribution is -2.19. The summed E-state index contributed by atoms with van der Waals surface area (Å²) < 4.78 is 0. The average molecular weight is 393 g/mol. The van der Waals surface area contributed by atoms with Crippen molar-refractivity contribution in [1.29, 1.82) is 0 Å². The van der Waals surface area contributed by atoms with Crippen LogP contribution in [-0.4, -0.2) is 39.3 Å². The van der Waals surface area contributed by atoms with Crippen LogP contribution in [0.1, 0.15) is 19.8 Å². The number of hydrogen-bond donors (Lipinski definition) is 2. The highest BCUT2D eigenvalue weighted by molar-refractivity contribution is 6.45. The van der Waals surface area contributed by atoms with Gasteiger partial charge in [0.2, 0.25) is 0 Å². The molecule has 2 N–H and O–H groups in total. The Morgan fingerprint density at radius 3 is 2.58 bits per heavy atom. The summed E-state index contributed by atoms with van der Waals surface area (Å²) in [5, 5.41) is 16.4. The van der Waals surface area contributed by atoms with E-state index in [-0.39, 0.29) is 0 Å². The lowest BCUT2D eigenvalue weighted by atomic mass is 10.0. The van der Waals surface area contributed by atoms with Crippen LogP contribution in [0, 0.1) is 0 Å². The van der Waals surface area contributed by atoms with E-state index in [1.54, 1.807) is 0 Å². The number of carbonyl (C=O) groups is 1. The van der Waals surface area contributed by atoms with E-state index in [1.807, 2.05) is 24.5 Å². The molecule has 1 aliphatic rings. The fraction of sp³-hybridized carbons (Fsp3) is 0.278. The van der Waals surface area contributed by atoms with Crippen LogP contribution >= 0.6 is 23.2 Å². The van der Waals surface area contributed by atoms with E-state index in [0.717, 1.165) is 47.9 Å². The zero-order valence-corrected chi connectivity index (χ0v) is 15.7. The monoisotopic (exact) mass is 392 g/mol. The number of aliphatic carboxylic acids is 1. The third-order valence-electron chi connectivity index (χ3n) is 4.10. The number of hydrogen-bond acceptors (Lipinski definition) is 4. The van der Waals surface area contributed by atoms with Crippen LogP contribution in [-0.2, 0) is 4.79 Å². The number of rotatable bonds is 2. The SMILES string of the molecule is CC(=O)O.Clc1ccc2c(-c3cn[nH]c3)cc(N3CCCC3)nc2c1Cl. The standard InChI is InChI=1S/C16H14Cl2N4.C2H4O2/c17-13-4-3-11-12(10-8-19-20-9-10)7-14(21-16(11)15(13)18)22-5-1-2-6-22;1-2(3)4/h3-4,7-9H,1-2,5-6H2,(H,19,20);1H3,(H,3,4). The van der Waals surface area contributed by atoms with Crippen molar-refractivity contribution in [3.63, 3.8) is 0 Å². The van der Waals surface area contributed by atoms with E-state index < -0.39 is 5.97 Å². The molecule has 3 heterocycles. The summed E-state index contributed by atoms with van der Waals surface area (Å²) in [4.78, 5) is 16.1. The molecule has 0 aliphatic carbocycles. The van der Waals surface area contributed by atoms with Crippen molar-refractivity contribution in [1.82, 2.24) is 15.2 Å². The summed E-state index contributed by atoms with van der Waals surface area (Å²) in [6, 6.07) is 5.89. The summed E-state index contributed by atoms with van der Waals surface area (Å²) in [5.41, 5.74) is 2.83. The van der Waals surface area contributed by atoms with E-state index in [9.17, 15) is 0 Å². The van der Waals surface area contributed by atoms with Gasteiger partial charge in [-0.05, 0) is 30.5 Å². The molecule has 0 spiro atoms. The van der Waals surface area contributed by atoms with Crippen LogP contribution in [0.15, 0.2) is 30.6 Å². The maximum absolute atomic E-state index is 9.00. The molecule has 1 fully saturated rings. The number of benzene rings is 1. The van der Waals surface area contributed by atoms with Gasteiger partial charge in [0.25, 0.3) is 5.97 Å². The number of anilines is 1. The quantitative estimate of drug-likeness (QED) is 0.664. The van der Waals surface area contributed by atoms with E-state index in [4.69, 9.17) is 38.1 Å². The van der Waals surface area contributed by atoms with Crippen LogP contribution in [0.2, 0.25) is 10.0 Å². The third-order valence-corrected chi connectivity index (χ3v) is 4.89. The van der Waals surface area contributed by atoms with Crippen LogP contribution < -0.4 is 4.90 Å². The lowest BCUT2D eigenvalue weighted by Gasteiger charge is -2.19. The maximum atomic E-state index is 9.00. The van der Waals surface area contributed by atoms with E-state index in [2.05, 4.69) is 21.2 Å². The number of aromatic amines is 1. The predicted molar refractivity (Wildman–Crippen MR) is 104 cm³/mol. The summed E-state index contributed by atoms with van der Waals surface area (Å²) in [6.45, 7) is 3.14. The molecule has 4 rings (SSSR count). The van der Waals surface area contributed by atoms with Gasteiger partial charge < -0.3 is 10.0 Å². The number of fused-ring (bicyclic) bond motifs is 1. The zero-order chi connectivity index (χ0) is 18.7. The molecule has 3 aromatic rings. The van der Waals surface area contributed by atoms with Gasteiger partial charge >= 0.3 is 0 Å². The number of carboxylic acids is 1. The number of nitrogens with one attached hydrogen (secondary N) is 1. The molecule has 0 saturated carbocycles. The van der Waals surface area contributed by atoms with Gasteiger partial charge in [0.15, 0.2) is 0 Å². The number of nitrogens with zero attached hydrogens (tertiary/aromatic N) is 3. The summed E-state index contributed by atoms with van der Waals surface area (Å²) >= 11 is 12.6. The van der Waals surface area contributed by atoms with Crippen LogP contribution in [0.4, 0.5) is 5.82 Å². The van der Waals surface area contributed by atoms with Gasteiger partial charge in [0, 0.05) is 37.2 Å². The summed E-state index contributed by atoms with van der Waals surface area (Å²) in [6.07, 6.45) is 6.09. The molecule has 0 unspecified atom stereocenters. The zero-order valence-electron chi connectivity index (χ0n) is 14.2. The molecular formula is C18H18Cl2N4O2. The van der Waals surface area contributed by atoms with Gasteiger partial charge in [0.1, 0.15) is 5.82 Å². The lowest BCUT2D eigenvalue weighted by molar-refractivity contribution is -0.134. The highest BCUT2D eigenvalue weighted by atomic mass is 35.5. The van der Waals surface area contributed by atoms with Crippen molar-refractivity contribution in [2.75, 3.05) is 18.0 Å². The predicted octanol–water partition coefficient (Wildman–Crippen LogP) is 4.62. The number of aromatic nitrogens is 3. The van der Waals surface area contributed by atoms with Crippen LogP contribution in [0.5, 0.6) is 0 Å². The Hall–Kier alpha value is -2.31. The van der Waals surface area contributed by atoms with E-state index in [1.165, 1.54) is 12.8 Å². The normalized spacial score (nSPS) is 13.6. The Bertz CT molecular complexity index is 919. The average Bonchev–Trinajstić information content (AvgIpc) is 3.30. The van der Waals surface area contributed by atoms with Gasteiger partial charge in [-0.15, -0.1) is 0 Å². The highest BCUT2D eigenvalue weighted by Crippen LogP contribution is 2.37. The molecule has 136 valence electrons. The number of pyridine rings is 1. The van der Waals surface area contributed by atoms with Crippen molar-refractivity contribution in [2.24, 2.45) is 0 Å². The van der Waals surface area contributed by atoms with Crippen molar-refractivity contribution in [2.45, 2.75) is 19.8 Å². The third kappa shape index (κ3) is 3.92. The van der Waals surface area contributed by atoms with E-state index >= 15 is 0 Å². The molecule has 0 atom stereocenters. The first kappa shape index (κ1) is 18.5. The summed E-state index contributed by atoms with van der Waals surface area (Å²) in [7, 11) is 0. The van der Waals surface area contributed by atoms with Gasteiger partial charge in [-0.3, -0.25) is 9.89 Å². The molecule has 0 amide bonds. The van der Waals surface area contributed by atoms with Crippen molar-refractivity contribution >= 4 is 45.9 Å². The first-order valence-electron chi connectivity index (χ1n) is 8.19. The fourth-order valence-corrected chi connectivity index (χ4v) is 3.33. The number of carboxylic acid groups (broad SMARTS) is 1. The van der Waals surface area contributed by atoms with Crippen molar-refractivity contribution < 1.29 is 9.90 Å². The number of H-pyrrole nitrogens is 1. The van der Waals surface area contributed by atoms with Crippen LogP contribution in [0.3, 0.4) is 0 Å². The molecule has 2 aromatic heterocycles. The molecule has 1 saturated heterocycles. The van der Waals surface area contributed by atoms with Crippen molar-refractivity contribution in [3.05, 3.63) is 40.6 Å². The highest BCUT2D eigenvalue weighted by Gasteiger charge is 2.18. The molecule has 0 bridgehead atoms. The Morgan fingerprint density at radius 2 is 1.96 bits per heavy atom. The minimum absolute atomic E-state index is 0.505. The summed E-state index contributed by atoms with van der Waals surface area (Å²) in [5.74, 6) is 0.116. The van der Waals surface area contributed by atoms with E-state index in [0.29, 0.717) is 10.0 Å². The second-order valence-corrected chi connectivity index (χ2v) is 6.77. The first-order chi connectivity index (χ1) is 12.5. The Kier molecular flexibility index (Phi) is 5.64. The van der Waals surface area contributed by atoms with Crippen LogP contribution in [0.25, 0.3) is 22.0 Å². The smallest absolute Gasteiger partial charge is 0.300 e. The largest absolute Gasteiger partial charge is 0.481 e. The topological polar surface area (TPSA) is 82.1 Å². The second-order valence-electron chi connectivity index (χ2n) is 5.99. The second kappa shape index (κ2) is 7.93. The first-order valence-corrected chi connectivity index (χ1v) is 8.95. The fourth-order valence-electron chi connectivity index (χ4n) is 2.97. The molecule has 1 aromatic carbocycles. The molecule has 6 nitrogen and oxygen atoms in total. The van der Waals surface area contributed by atoms with Crippen molar-refractivity contribution in [3.8, 4) is 11.1 Å². The minimum atomic E-state index is -0.833. The maximum Gasteiger partial charge on any atom is 0.300 e. The van der Waals surface area contributed by atoms with Gasteiger partial charge in [-0.1, -0.05) is 29.3 Å². The number of halogens is 2. The Balaban J connectivity index is 0.000000447. The van der Waals surface area contributed by atoms with Gasteiger partial charge in [-0.25, -0.2) is 4.98 Å². The molecule has 8 heteroatoms. The molecule has 1 aliphatic heterocycles. The molecular weight excluding hydrogens is 375 g/mol. The van der Waals surface area contributed by atoms with Gasteiger partial charge in [-0.2, -0.15) is 5.10 Å². The molecule has 0 radical (unpaired) electrons. The molecule has 26 heavy (non-hydrogen) atoms. The Morgan fingerprint density at radius 1 is 1.27 bits per heavy atom.